The van der Waals surface area contributed by atoms with Gasteiger partial charge >= 0.3 is 0 Å². The summed E-state index contributed by atoms with van der Waals surface area (Å²) in [7, 11) is 3.98. The Morgan fingerprint density at radius 1 is 1.04 bits per heavy atom. The quantitative estimate of drug-likeness (QED) is 0.480. The topological polar surface area (TPSA) is 34.1 Å². The summed E-state index contributed by atoms with van der Waals surface area (Å²) in [6.07, 6.45) is 10.3. The second kappa shape index (κ2) is 6.74. The monoisotopic (exact) mass is 378 g/mol. The molecule has 25 heavy (non-hydrogen) atoms. The van der Waals surface area contributed by atoms with Gasteiger partial charge in [-0.2, -0.15) is 0 Å². The average molecular weight is 379 g/mol. The van der Waals surface area contributed by atoms with Gasteiger partial charge in [-0.25, -0.2) is 0 Å². The van der Waals surface area contributed by atoms with Crippen molar-refractivity contribution in [2.45, 2.75) is 65.2 Å². The molecule has 0 bridgehead atoms. The van der Waals surface area contributed by atoms with Crippen LogP contribution in [-0.2, 0) is 9.59 Å². The van der Waals surface area contributed by atoms with E-state index < -0.39 is 0 Å². The molecule has 0 amide bonds. The van der Waals surface area contributed by atoms with Crippen molar-refractivity contribution in [2.75, 3.05) is 11.5 Å². The van der Waals surface area contributed by atoms with E-state index in [4.69, 9.17) is 0 Å². The summed E-state index contributed by atoms with van der Waals surface area (Å²) in [5.41, 5.74) is 1.65. The Morgan fingerprint density at radius 2 is 1.88 bits per heavy atom. The third kappa shape index (κ3) is 2.77. The molecule has 0 aliphatic heterocycles. The van der Waals surface area contributed by atoms with Crippen molar-refractivity contribution < 1.29 is 9.59 Å². The van der Waals surface area contributed by atoms with Gasteiger partial charge in [-0.15, -0.1) is 0 Å². The van der Waals surface area contributed by atoms with E-state index in [-0.39, 0.29) is 10.8 Å². The molecule has 0 saturated heterocycles. The third-order valence-electron chi connectivity index (χ3n) is 7.91. The fraction of sp³-hybridized carbons (Fsp3) is 0.810. The van der Waals surface area contributed by atoms with Gasteiger partial charge in [0.15, 0.2) is 5.78 Å². The lowest BCUT2D eigenvalue weighted by Gasteiger charge is -2.58. The summed E-state index contributed by atoms with van der Waals surface area (Å²) in [5, 5.41) is 0. The first-order chi connectivity index (χ1) is 12.0. The van der Waals surface area contributed by atoms with Gasteiger partial charge in [0, 0.05) is 35.2 Å². The van der Waals surface area contributed by atoms with Gasteiger partial charge in [-0.3, -0.25) is 9.59 Å². The summed E-state index contributed by atoms with van der Waals surface area (Å²) >= 11 is 0. The van der Waals surface area contributed by atoms with E-state index in [9.17, 15) is 9.59 Å². The number of allylic oxidation sites excluding steroid dienone is 1. The molecular weight excluding hydrogens is 348 g/mol. The SMILES string of the molecule is CCSSC[C@]12CCC(=O)C=C1CC[C@@H]1[C@@H]2CC[C@]2(C)C(=O)CC[C@@H]12. The predicted molar refractivity (Wildman–Crippen MR) is 107 cm³/mol. The van der Waals surface area contributed by atoms with Crippen molar-refractivity contribution in [3.05, 3.63) is 11.6 Å². The molecule has 0 unspecified atom stereocenters. The minimum absolute atomic E-state index is 0.0423. The zero-order valence-corrected chi connectivity index (χ0v) is 17.1. The summed E-state index contributed by atoms with van der Waals surface area (Å²) < 4.78 is 0. The van der Waals surface area contributed by atoms with Crippen LogP contribution in [0.3, 0.4) is 0 Å². The molecule has 3 saturated carbocycles. The van der Waals surface area contributed by atoms with Crippen molar-refractivity contribution in [3.8, 4) is 0 Å². The number of hydrogen-bond acceptors (Lipinski definition) is 4. The van der Waals surface area contributed by atoms with E-state index in [1.807, 2.05) is 27.7 Å². The molecular formula is C21H30O2S2. The van der Waals surface area contributed by atoms with Gasteiger partial charge in [0.05, 0.1) is 0 Å². The Hall–Kier alpha value is -0.220. The Morgan fingerprint density at radius 3 is 2.68 bits per heavy atom. The molecule has 138 valence electrons. The first-order valence-electron chi connectivity index (χ1n) is 10.0. The lowest BCUT2D eigenvalue weighted by atomic mass is 9.47. The van der Waals surface area contributed by atoms with Crippen LogP contribution in [0.15, 0.2) is 11.6 Å². The minimum Gasteiger partial charge on any atom is -0.299 e. The van der Waals surface area contributed by atoms with Crippen LogP contribution in [0.1, 0.15) is 65.2 Å². The molecule has 4 heteroatoms. The van der Waals surface area contributed by atoms with Crippen molar-refractivity contribution in [1.29, 1.82) is 0 Å². The summed E-state index contributed by atoms with van der Waals surface area (Å²) in [6.45, 7) is 4.48. The Bertz CT molecular complexity index is 613. The molecule has 0 spiro atoms. The number of rotatable bonds is 4. The van der Waals surface area contributed by atoms with E-state index >= 15 is 0 Å². The zero-order chi connectivity index (χ0) is 17.7. The maximum Gasteiger partial charge on any atom is 0.155 e. The smallest absolute Gasteiger partial charge is 0.155 e. The normalized spacial score (nSPS) is 43.3. The Labute approximate surface area is 159 Å². The molecule has 0 radical (unpaired) electrons. The lowest BCUT2D eigenvalue weighted by molar-refractivity contribution is -0.132. The maximum absolute atomic E-state index is 12.6. The van der Waals surface area contributed by atoms with E-state index in [0.717, 1.165) is 50.0 Å². The van der Waals surface area contributed by atoms with E-state index in [1.54, 1.807) is 0 Å². The lowest BCUT2D eigenvalue weighted by Crippen LogP contribution is -2.52. The fourth-order valence-electron chi connectivity index (χ4n) is 6.63. The summed E-state index contributed by atoms with van der Waals surface area (Å²) in [4.78, 5) is 24.7. The number of carbonyl (C=O) groups is 2. The number of carbonyl (C=O) groups excluding carboxylic acids is 2. The van der Waals surface area contributed by atoms with E-state index in [1.165, 1.54) is 18.4 Å². The molecule has 4 aliphatic carbocycles. The first-order valence-corrected chi connectivity index (χ1v) is 12.5. The highest BCUT2D eigenvalue weighted by molar-refractivity contribution is 8.76. The Kier molecular flexibility index (Phi) is 4.90. The predicted octanol–water partition coefficient (Wildman–Crippen LogP) is 5.47. The summed E-state index contributed by atoms with van der Waals surface area (Å²) in [5.74, 6) is 5.15. The van der Waals surface area contributed by atoms with Crippen LogP contribution >= 0.6 is 21.6 Å². The average Bonchev–Trinajstić information content (AvgIpc) is 2.91. The fourth-order valence-corrected chi connectivity index (χ4v) is 9.02. The molecule has 0 heterocycles. The maximum atomic E-state index is 12.6. The van der Waals surface area contributed by atoms with Crippen LogP contribution in [-0.4, -0.2) is 23.1 Å². The highest BCUT2D eigenvalue weighted by atomic mass is 33.1. The summed E-state index contributed by atoms with van der Waals surface area (Å²) in [6, 6.07) is 0. The van der Waals surface area contributed by atoms with Gasteiger partial charge in [0.25, 0.3) is 0 Å². The third-order valence-corrected chi connectivity index (χ3v) is 10.5. The van der Waals surface area contributed by atoms with Crippen LogP contribution in [0, 0.1) is 28.6 Å². The second-order valence-corrected chi connectivity index (χ2v) is 11.5. The molecule has 2 nitrogen and oxygen atoms in total. The van der Waals surface area contributed by atoms with Crippen molar-refractivity contribution >= 4 is 33.2 Å². The molecule has 4 aliphatic rings. The molecule has 5 atom stereocenters. The highest BCUT2D eigenvalue weighted by Crippen LogP contribution is 2.65. The van der Waals surface area contributed by atoms with Crippen molar-refractivity contribution in [2.24, 2.45) is 28.6 Å². The largest absolute Gasteiger partial charge is 0.299 e. The molecule has 0 aromatic carbocycles. The number of fused-ring (bicyclic) bond motifs is 5. The van der Waals surface area contributed by atoms with E-state index in [0.29, 0.717) is 29.3 Å². The number of ketones is 2. The van der Waals surface area contributed by atoms with Crippen LogP contribution in [0.4, 0.5) is 0 Å². The van der Waals surface area contributed by atoms with Gasteiger partial charge in [-0.1, -0.05) is 41.0 Å². The van der Waals surface area contributed by atoms with Gasteiger partial charge < -0.3 is 0 Å². The molecule has 4 rings (SSSR count). The van der Waals surface area contributed by atoms with Crippen LogP contribution in [0.25, 0.3) is 0 Å². The first kappa shape index (κ1) is 18.2. The van der Waals surface area contributed by atoms with Crippen molar-refractivity contribution in [3.63, 3.8) is 0 Å². The highest BCUT2D eigenvalue weighted by Gasteiger charge is 2.60. The Balaban J connectivity index is 1.67. The van der Waals surface area contributed by atoms with E-state index in [2.05, 4.69) is 13.8 Å². The van der Waals surface area contributed by atoms with Crippen LogP contribution < -0.4 is 0 Å². The van der Waals surface area contributed by atoms with Gasteiger partial charge in [0.2, 0.25) is 0 Å². The van der Waals surface area contributed by atoms with Crippen LogP contribution in [0.2, 0.25) is 0 Å². The molecule has 0 aromatic heterocycles. The van der Waals surface area contributed by atoms with Gasteiger partial charge in [-0.05, 0) is 62.4 Å². The van der Waals surface area contributed by atoms with Gasteiger partial charge in [0.1, 0.15) is 5.78 Å². The molecule has 0 N–H and O–H groups in total. The zero-order valence-electron chi connectivity index (χ0n) is 15.5. The standard InChI is InChI=1S/C21H30O2S2/c1-3-24-25-13-21-11-8-15(22)12-14(21)4-5-16-17-6-7-19(23)20(17,2)10-9-18(16)21/h12,16-18H,3-11,13H2,1-2H3/t16-,17-,18-,20-,21+/m0/s1. The second-order valence-electron chi connectivity index (χ2n) is 8.79. The van der Waals surface area contributed by atoms with Crippen LogP contribution in [0.5, 0.6) is 0 Å². The number of Topliss-reactive ketones (excluding diaryl/α,β-unsaturated/α-hetero) is 1. The molecule has 3 fully saturated rings. The minimum atomic E-state index is -0.0423. The molecule has 0 aromatic rings. The van der Waals surface area contributed by atoms with Crippen molar-refractivity contribution in [1.82, 2.24) is 0 Å². The number of hydrogen-bond donors (Lipinski definition) is 0.